The van der Waals surface area contributed by atoms with E-state index in [2.05, 4.69) is 10.6 Å². The first-order chi connectivity index (χ1) is 11.4. The highest BCUT2D eigenvalue weighted by Crippen LogP contribution is 2.27. The molecule has 124 valence electrons. The predicted molar refractivity (Wildman–Crippen MR) is 88.4 cm³/mol. The van der Waals surface area contributed by atoms with Gasteiger partial charge in [-0.15, -0.1) is 0 Å². The number of hydrogen-bond donors (Lipinski definition) is 2. The Bertz CT molecular complexity index is 809. The second-order valence-electron chi connectivity index (χ2n) is 4.53. The largest absolute Gasteiger partial charge is 0.495 e. The van der Waals surface area contributed by atoms with Gasteiger partial charge in [0, 0.05) is 12.1 Å². The molecule has 0 fully saturated rings. The minimum absolute atomic E-state index is 0.0361. The molecule has 0 aliphatic rings. The number of anilines is 2. The second-order valence-corrected chi connectivity index (χ2v) is 4.94. The molecule has 2 amide bonds. The van der Waals surface area contributed by atoms with E-state index in [4.69, 9.17) is 16.3 Å². The van der Waals surface area contributed by atoms with E-state index in [9.17, 15) is 19.7 Å². The Morgan fingerprint density at radius 1 is 1.08 bits per heavy atom. The molecule has 0 spiro atoms. The Balaban J connectivity index is 2.13. The summed E-state index contributed by atoms with van der Waals surface area (Å²) in [4.78, 5) is 34.0. The van der Waals surface area contributed by atoms with Crippen molar-refractivity contribution in [1.29, 1.82) is 0 Å². The molecule has 0 unspecified atom stereocenters. The average Bonchev–Trinajstić information content (AvgIpc) is 2.57. The monoisotopic (exact) mass is 349 g/mol. The van der Waals surface area contributed by atoms with Crippen LogP contribution in [0.3, 0.4) is 0 Å². The van der Waals surface area contributed by atoms with Crippen LogP contribution in [0.5, 0.6) is 5.75 Å². The first-order valence-electron chi connectivity index (χ1n) is 6.61. The van der Waals surface area contributed by atoms with E-state index in [0.717, 1.165) is 6.07 Å². The van der Waals surface area contributed by atoms with E-state index in [1.807, 2.05) is 0 Å². The van der Waals surface area contributed by atoms with Crippen molar-refractivity contribution in [3.8, 4) is 5.75 Å². The van der Waals surface area contributed by atoms with Gasteiger partial charge in [-0.25, -0.2) is 0 Å². The van der Waals surface area contributed by atoms with Crippen LogP contribution >= 0.6 is 11.6 Å². The number of para-hydroxylation sites is 2. The first kappa shape index (κ1) is 17.2. The maximum absolute atomic E-state index is 12.0. The highest BCUT2D eigenvalue weighted by atomic mass is 35.5. The van der Waals surface area contributed by atoms with Gasteiger partial charge >= 0.3 is 11.8 Å². The summed E-state index contributed by atoms with van der Waals surface area (Å²) in [5.41, 5.74) is 0.0103. The van der Waals surface area contributed by atoms with Crippen molar-refractivity contribution in [1.82, 2.24) is 0 Å². The average molecular weight is 350 g/mol. The van der Waals surface area contributed by atoms with Crippen molar-refractivity contribution in [2.75, 3.05) is 17.7 Å². The molecule has 2 aromatic rings. The Morgan fingerprint density at radius 3 is 2.33 bits per heavy atom. The first-order valence-corrected chi connectivity index (χ1v) is 6.99. The fraction of sp³-hybridized carbons (Fsp3) is 0.0667. The number of halogens is 1. The second kappa shape index (κ2) is 7.42. The number of nitro groups is 1. The minimum Gasteiger partial charge on any atom is -0.495 e. The number of methoxy groups -OCH3 is 1. The molecule has 0 atom stereocenters. The minimum atomic E-state index is -1.02. The van der Waals surface area contributed by atoms with Gasteiger partial charge in [0.2, 0.25) is 0 Å². The topological polar surface area (TPSA) is 111 Å². The van der Waals surface area contributed by atoms with Gasteiger partial charge in [0.25, 0.3) is 5.69 Å². The van der Waals surface area contributed by atoms with Crippen LogP contribution in [0.2, 0.25) is 5.02 Å². The van der Waals surface area contributed by atoms with E-state index in [1.54, 1.807) is 24.3 Å². The standard InChI is InChI=1S/C15H12ClN3O5/c1-24-13-5-3-2-4-11(13)17-14(20)15(21)18-12-8-9(19(22)23)6-7-10(12)16/h2-8H,1H3,(H,17,20)(H,18,21). The Morgan fingerprint density at radius 2 is 1.71 bits per heavy atom. The molecule has 9 heteroatoms. The number of carbonyl (C=O) groups excluding carboxylic acids is 2. The van der Waals surface area contributed by atoms with Crippen LogP contribution in [0.15, 0.2) is 42.5 Å². The highest BCUT2D eigenvalue weighted by molar-refractivity contribution is 6.45. The summed E-state index contributed by atoms with van der Waals surface area (Å²) in [6, 6.07) is 10.1. The number of nitro benzene ring substituents is 1. The lowest BCUT2D eigenvalue weighted by Gasteiger charge is -2.10. The SMILES string of the molecule is COc1ccccc1NC(=O)C(=O)Nc1cc([N+](=O)[O-])ccc1Cl. The maximum Gasteiger partial charge on any atom is 0.314 e. The number of benzene rings is 2. The number of nitrogens with zero attached hydrogens (tertiary/aromatic N) is 1. The summed E-state index contributed by atoms with van der Waals surface area (Å²) >= 11 is 5.87. The third-order valence-electron chi connectivity index (χ3n) is 2.97. The lowest BCUT2D eigenvalue weighted by molar-refractivity contribution is -0.384. The molecule has 0 aliphatic carbocycles. The molecule has 0 aromatic heterocycles. The van der Waals surface area contributed by atoms with Gasteiger partial charge in [-0.05, 0) is 18.2 Å². The molecule has 0 saturated carbocycles. The molecule has 0 saturated heterocycles. The van der Waals surface area contributed by atoms with Crippen LogP contribution in [0.4, 0.5) is 17.1 Å². The zero-order chi connectivity index (χ0) is 17.7. The molecule has 0 radical (unpaired) electrons. The molecule has 2 N–H and O–H groups in total. The van der Waals surface area contributed by atoms with Crippen LogP contribution < -0.4 is 15.4 Å². The summed E-state index contributed by atoms with van der Waals surface area (Å²) in [7, 11) is 1.42. The number of ether oxygens (including phenoxy) is 1. The number of amides is 2. The van der Waals surface area contributed by atoms with Crippen molar-refractivity contribution in [3.05, 3.63) is 57.6 Å². The number of hydrogen-bond acceptors (Lipinski definition) is 5. The summed E-state index contributed by atoms with van der Waals surface area (Å²) < 4.78 is 5.06. The van der Waals surface area contributed by atoms with Crippen molar-refractivity contribution in [2.24, 2.45) is 0 Å². The summed E-state index contributed by atoms with van der Waals surface area (Å²) in [5.74, 6) is -1.61. The predicted octanol–water partition coefficient (Wildman–Crippen LogP) is 2.83. The van der Waals surface area contributed by atoms with Gasteiger partial charge in [0.15, 0.2) is 0 Å². The highest BCUT2D eigenvalue weighted by Gasteiger charge is 2.18. The van der Waals surface area contributed by atoms with Crippen molar-refractivity contribution in [2.45, 2.75) is 0 Å². The molecule has 8 nitrogen and oxygen atoms in total. The lowest BCUT2D eigenvalue weighted by atomic mass is 10.2. The number of rotatable bonds is 4. The van der Waals surface area contributed by atoms with E-state index >= 15 is 0 Å². The van der Waals surface area contributed by atoms with Crippen LogP contribution in [0, 0.1) is 10.1 Å². The van der Waals surface area contributed by atoms with Crippen molar-refractivity contribution >= 4 is 40.5 Å². The van der Waals surface area contributed by atoms with Gasteiger partial charge in [-0.3, -0.25) is 19.7 Å². The van der Waals surface area contributed by atoms with Crippen molar-refractivity contribution in [3.63, 3.8) is 0 Å². The third-order valence-corrected chi connectivity index (χ3v) is 3.30. The molecular formula is C15H12ClN3O5. The van der Waals surface area contributed by atoms with Crippen LogP contribution in [0.25, 0.3) is 0 Å². The third kappa shape index (κ3) is 3.99. The van der Waals surface area contributed by atoms with Crippen LogP contribution in [-0.4, -0.2) is 23.8 Å². The van der Waals surface area contributed by atoms with Crippen LogP contribution in [-0.2, 0) is 9.59 Å². The lowest BCUT2D eigenvalue weighted by Crippen LogP contribution is -2.29. The van der Waals surface area contributed by atoms with E-state index in [-0.39, 0.29) is 16.4 Å². The molecular weight excluding hydrogens is 338 g/mol. The zero-order valence-corrected chi connectivity index (χ0v) is 13.2. The maximum atomic E-state index is 12.0. The van der Waals surface area contributed by atoms with Gasteiger partial charge in [-0.2, -0.15) is 0 Å². The number of carbonyl (C=O) groups is 2. The van der Waals surface area contributed by atoms with E-state index in [0.29, 0.717) is 11.4 Å². The molecule has 0 aliphatic heterocycles. The fourth-order valence-electron chi connectivity index (χ4n) is 1.83. The van der Waals surface area contributed by atoms with Crippen molar-refractivity contribution < 1.29 is 19.2 Å². The molecule has 2 aromatic carbocycles. The summed E-state index contributed by atoms with van der Waals surface area (Å²) in [5, 5.41) is 15.4. The van der Waals surface area contributed by atoms with Gasteiger partial charge in [0.1, 0.15) is 5.75 Å². The van der Waals surface area contributed by atoms with Gasteiger partial charge in [0.05, 0.1) is 28.4 Å². The normalized spacial score (nSPS) is 9.92. The van der Waals surface area contributed by atoms with E-state index in [1.165, 1.54) is 19.2 Å². The summed E-state index contributed by atoms with van der Waals surface area (Å²) in [6.45, 7) is 0. The van der Waals surface area contributed by atoms with Gasteiger partial charge < -0.3 is 15.4 Å². The molecule has 0 bridgehead atoms. The molecule has 2 rings (SSSR count). The Kier molecular flexibility index (Phi) is 5.33. The fourth-order valence-corrected chi connectivity index (χ4v) is 1.99. The Labute approximate surface area is 141 Å². The number of non-ortho nitro benzene ring substituents is 1. The smallest absolute Gasteiger partial charge is 0.314 e. The Hall–Kier alpha value is -3.13. The quantitative estimate of drug-likeness (QED) is 0.501. The zero-order valence-electron chi connectivity index (χ0n) is 12.4. The molecule has 24 heavy (non-hydrogen) atoms. The molecule has 0 heterocycles. The van der Waals surface area contributed by atoms with E-state index < -0.39 is 16.7 Å². The summed E-state index contributed by atoms with van der Waals surface area (Å²) in [6.07, 6.45) is 0. The number of nitrogens with one attached hydrogen (secondary N) is 2. The van der Waals surface area contributed by atoms with Gasteiger partial charge in [-0.1, -0.05) is 23.7 Å². The van der Waals surface area contributed by atoms with Crippen LogP contribution in [0.1, 0.15) is 0 Å².